The second-order valence-corrected chi connectivity index (χ2v) is 7.59. The monoisotopic (exact) mass is 415 g/mol. The standard InChI is InChI=1S/C25H25N3O3/c1-3-17-8-4-6-10-21(17)27-25(30)16-28(2)15-24(29)26-18-12-13-23-20(14-18)19-9-5-7-11-22(19)31-23/h4-14H,3,15-16H2,1-2H3,(H,26,29)(H,27,30). The third-order valence-electron chi connectivity index (χ3n) is 5.16. The number of para-hydroxylation sites is 2. The smallest absolute Gasteiger partial charge is 0.238 e. The van der Waals surface area contributed by atoms with E-state index in [-0.39, 0.29) is 24.9 Å². The molecule has 0 saturated carbocycles. The molecule has 0 unspecified atom stereocenters. The predicted octanol–water partition coefficient (Wildman–Crippen LogP) is 4.66. The number of nitrogens with one attached hydrogen (secondary N) is 2. The van der Waals surface area contributed by atoms with Gasteiger partial charge in [-0.2, -0.15) is 0 Å². The Morgan fingerprint density at radius 1 is 0.839 bits per heavy atom. The first-order valence-corrected chi connectivity index (χ1v) is 10.3. The van der Waals surface area contributed by atoms with Crippen molar-refractivity contribution in [1.29, 1.82) is 0 Å². The zero-order valence-electron chi connectivity index (χ0n) is 17.6. The lowest BCUT2D eigenvalue weighted by molar-refractivity contribution is -0.119. The van der Waals surface area contributed by atoms with Gasteiger partial charge >= 0.3 is 0 Å². The molecule has 0 radical (unpaired) electrons. The summed E-state index contributed by atoms with van der Waals surface area (Å²) in [7, 11) is 1.75. The van der Waals surface area contributed by atoms with Gasteiger partial charge in [0.15, 0.2) is 0 Å². The van der Waals surface area contributed by atoms with E-state index >= 15 is 0 Å². The molecule has 6 heteroatoms. The number of carbonyl (C=O) groups is 2. The van der Waals surface area contributed by atoms with E-state index in [4.69, 9.17) is 4.42 Å². The minimum absolute atomic E-state index is 0.104. The number of hydrogen-bond acceptors (Lipinski definition) is 4. The van der Waals surface area contributed by atoms with Crippen LogP contribution in [0.15, 0.2) is 71.1 Å². The van der Waals surface area contributed by atoms with Gasteiger partial charge in [0.05, 0.1) is 13.1 Å². The minimum atomic E-state index is -0.184. The third kappa shape index (κ3) is 4.75. The summed E-state index contributed by atoms with van der Waals surface area (Å²) < 4.78 is 5.82. The first-order chi connectivity index (χ1) is 15.0. The van der Waals surface area contributed by atoms with Gasteiger partial charge in [0, 0.05) is 22.1 Å². The Morgan fingerprint density at radius 3 is 2.32 bits per heavy atom. The fourth-order valence-electron chi connectivity index (χ4n) is 3.69. The maximum Gasteiger partial charge on any atom is 0.238 e. The Labute approximate surface area is 180 Å². The van der Waals surface area contributed by atoms with Gasteiger partial charge in [-0.1, -0.05) is 43.3 Å². The molecule has 4 aromatic rings. The van der Waals surface area contributed by atoms with Crippen molar-refractivity contribution in [2.24, 2.45) is 0 Å². The van der Waals surface area contributed by atoms with E-state index in [1.165, 1.54) is 0 Å². The summed E-state index contributed by atoms with van der Waals surface area (Å²) in [6, 6.07) is 21.1. The fourth-order valence-corrected chi connectivity index (χ4v) is 3.69. The summed E-state index contributed by atoms with van der Waals surface area (Å²) in [5, 5.41) is 7.80. The van der Waals surface area contributed by atoms with Gasteiger partial charge in [0.1, 0.15) is 11.2 Å². The number of fused-ring (bicyclic) bond motifs is 3. The van der Waals surface area contributed by atoms with E-state index in [0.717, 1.165) is 39.6 Å². The molecule has 0 bridgehead atoms. The summed E-state index contributed by atoms with van der Waals surface area (Å²) in [6.07, 6.45) is 0.838. The summed E-state index contributed by atoms with van der Waals surface area (Å²) in [6.45, 7) is 2.27. The Morgan fingerprint density at radius 2 is 1.52 bits per heavy atom. The van der Waals surface area contributed by atoms with Crippen molar-refractivity contribution in [3.05, 3.63) is 72.3 Å². The normalized spacial score (nSPS) is 11.2. The largest absolute Gasteiger partial charge is 0.456 e. The van der Waals surface area contributed by atoms with Gasteiger partial charge in [-0.05, 0) is 49.4 Å². The summed E-state index contributed by atoms with van der Waals surface area (Å²) in [5.41, 5.74) is 4.18. The number of amides is 2. The van der Waals surface area contributed by atoms with Crippen LogP contribution in [0.5, 0.6) is 0 Å². The SMILES string of the molecule is CCc1ccccc1NC(=O)CN(C)CC(=O)Nc1ccc2oc3ccccc3c2c1. The molecule has 4 rings (SSSR count). The van der Waals surface area contributed by atoms with Gasteiger partial charge in [-0.25, -0.2) is 0 Å². The van der Waals surface area contributed by atoms with Crippen molar-refractivity contribution in [3.63, 3.8) is 0 Å². The maximum atomic E-state index is 12.5. The first kappa shape index (κ1) is 20.6. The number of carbonyl (C=O) groups excluding carboxylic acids is 2. The molecule has 0 spiro atoms. The summed E-state index contributed by atoms with van der Waals surface area (Å²) in [5.74, 6) is -0.334. The van der Waals surface area contributed by atoms with Gasteiger partial charge in [-0.3, -0.25) is 14.5 Å². The van der Waals surface area contributed by atoms with Crippen LogP contribution in [0.25, 0.3) is 21.9 Å². The molecule has 0 atom stereocenters. The second-order valence-electron chi connectivity index (χ2n) is 7.59. The van der Waals surface area contributed by atoms with Crippen LogP contribution in [0.3, 0.4) is 0 Å². The average molecular weight is 415 g/mol. The molecule has 3 aromatic carbocycles. The van der Waals surface area contributed by atoms with Crippen LogP contribution in [-0.4, -0.2) is 36.9 Å². The number of furan rings is 1. The quantitative estimate of drug-likeness (QED) is 0.460. The third-order valence-corrected chi connectivity index (χ3v) is 5.16. The van der Waals surface area contributed by atoms with Crippen molar-refractivity contribution in [2.45, 2.75) is 13.3 Å². The molecule has 158 valence electrons. The molecule has 31 heavy (non-hydrogen) atoms. The molecule has 2 N–H and O–H groups in total. The Kier molecular flexibility index (Phi) is 6.00. The van der Waals surface area contributed by atoms with Crippen molar-refractivity contribution in [1.82, 2.24) is 4.90 Å². The highest BCUT2D eigenvalue weighted by molar-refractivity contribution is 6.07. The van der Waals surface area contributed by atoms with Crippen LogP contribution in [-0.2, 0) is 16.0 Å². The number of hydrogen-bond donors (Lipinski definition) is 2. The van der Waals surface area contributed by atoms with Crippen molar-refractivity contribution < 1.29 is 14.0 Å². The molecule has 2 amide bonds. The van der Waals surface area contributed by atoms with Crippen LogP contribution in [0.2, 0.25) is 0 Å². The molecule has 0 aliphatic heterocycles. The molecule has 1 aromatic heterocycles. The summed E-state index contributed by atoms with van der Waals surface area (Å²) >= 11 is 0. The average Bonchev–Trinajstić information content (AvgIpc) is 3.12. The lowest BCUT2D eigenvalue weighted by Crippen LogP contribution is -2.36. The molecule has 0 fully saturated rings. The zero-order valence-corrected chi connectivity index (χ0v) is 17.6. The predicted molar refractivity (Wildman–Crippen MR) is 124 cm³/mol. The molecular weight excluding hydrogens is 390 g/mol. The molecular formula is C25H25N3O3. The molecule has 1 heterocycles. The van der Waals surface area contributed by atoms with E-state index in [1.807, 2.05) is 73.7 Å². The highest BCUT2D eigenvalue weighted by atomic mass is 16.3. The fraction of sp³-hybridized carbons (Fsp3) is 0.200. The van der Waals surface area contributed by atoms with Crippen LogP contribution >= 0.6 is 0 Å². The number of nitrogens with zero attached hydrogens (tertiary/aromatic N) is 1. The van der Waals surface area contributed by atoms with Gasteiger partial charge in [0.25, 0.3) is 0 Å². The van der Waals surface area contributed by atoms with Gasteiger partial charge < -0.3 is 15.1 Å². The van der Waals surface area contributed by atoms with E-state index in [0.29, 0.717) is 5.69 Å². The van der Waals surface area contributed by atoms with Crippen LogP contribution in [0, 0.1) is 0 Å². The number of rotatable bonds is 7. The maximum absolute atomic E-state index is 12.5. The van der Waals surface area contributed by atoms with E-state index in [1.54, 1.807) is 11.9 Å². The zero-order chi connectivity index (χ0) is 21.8. The lowest BCUT2D eigenvalue weighted by Gasteiger charge is -2.17. The minimum Gasteiger partial charge on any atom is -0.456 e. The highest BCUT2D eigenvalue weighted by Crippen LogP contribution is 2.30. The molecule has 6 nitrogen and oxygen atoms in total. The number of likely N-dealkylation sites (N-methyl/N-ethyl adjacent to an activating group) is 1. The van der Waals surface area contributed by atoms with Gasteiger partial charge in [0.2, 0.25) is 11.8 Å². The van der Waals surface area contributed by atoms with E-state index in [9.17, 15) is 9.59 Å². The molecule has 0 saturated heterocycles. The van der Waals surface area contributed by atoms with E-state index < -0.39 is 0 Å². The summed E-state index contributed by atoms with van der Waals surface area (Å²) in [4.78, 5) is 26.6. The topological polar surface area (TPSA) is 74.6 Å². The van der Waals surface area contributed by atoms with Crippen LogP contribution < -0.4 is 10.6 Å². The van der Waals surface area contributed by atoms with Gasteiger partial charge in [-0.15, -0.1) is 0 Å². The van der Waals surface area contributed by atoms with Crippen molar-refractivity contribution in [2.75, 3.05) is 30.8 Å². The Balaban J connectivity index is 1.36. The van der Waals surface area contributed by atoms with Crippen molar-refractivity contribution >= 4 is 45.1 Å². The highest BCUT2D eigenvalue weighted by Gasteiger charge is 2.13. The van der Waals surface area contributed by atoms with E-state index in [2.05, 4.69) is 10.6 Å². The van der Waals surface area contributed by atoms with Crippen LogP contribution in [0.4, 0.5) is 11.4 Å². The molecule has 0 aliphatic carbocycles. The Hall–Kier alpha value is -3.64. The van der Waals surface area contributed by atoms with Crippen molar-refractivity contribution in [3.8, 4) is 0 Å². The second kappa shape index (κ2) is 9.02. The van der Waals surface area contributed by atoms with Crippen LogP contribution in [0.1, 0.15) is 12.5 Å². The first-order valence-electron chi connectivity index (χ1n) is 10.3. The number of anilines is 2. The number of benzene rings is 3. The lowest BCUT2D eigenvalue weighted by atomic mass is 10.1. The Bertz CT molecular complexity index is 1250. The molecule has 0 aliphatic rings. The number of aryl methyl sites for hydroxylation is 1.